The van der Waals surface area contributed by atoms with Crippen molar-refractivity contribution in [1.82, 2.24) is 0 Å². The molecule has 14 heavy (non-hydrogen) atoms. The van der Waals surface area contributed by atoms with Crippen LogP contribution in [0, 0.1) is 5.92 Å². The average Bonchev–Trinajstić information content (AvgIpc) is 2.24. The fourth-order valence-electron chi connectivity index (χ4n) is 1.50. The molecule has 0 rings (SSSR count). The van der Waals surface area contributed by atoms with E-state index in [1.807, 2.05) is 6.92 Å². The van der Waals surface area contributed by atoms with Gasteiger partial charge in [-0.3, -0.25) is 0 Å². The predicted octanol–water partition coefficient (Wildman–Crippen LogP) is 2.99. The highest BCUT2D eigenvalue weighted by Gasteiger charge is 2.26. The Morgan fingerprint density at radius 1 is 1.21 bits per heavy atom. The Morgan fingerprint density at radius 3 is 2.00 bits per heavy atom. The van der Waals surface area contributed by atoms with Crippen LogP contribution in [0.2, 0.25) is 0 Å². The van der Waals surface area contributed by atoms with Gasteiger partial charge in [0.05, 0.1) is 11.7 Å². The van der Waals surface area contributed by atoms with Crippen LogP contribution in [0.25, 0.3) is 0 Å². The van der Waals surface area contributed by atoms with E-state index in [0.29, 0.717) is 0 Å². The van der Waals surface area contributed by atoms with Gasteiger partial charge in [-0.05, 0) is 26.2 Å². The molecule has 0 bridgehead atoms. The van der Waals surface area contributed by atoms with Crippen molar-refractivity contribution in [3.63, 3.8) is 0 Å². The van der Waals surface area contributed by atoms with Gasteiger partial charge in [-0.2, -0.15) is 0 Å². The number of aliphatic hydroxyl groups excluding tert-OH is 1. The van der Waals surface area contributed by atoms with E-state index in [9.17, 15) is 0 Å². The Hall–Kier alpha value is -0.0800. The Bertz CT molecular complexity index is 141. The van der Waals surface area contributed by atoms with E-state index in [1.54, 1.807) is 0 Å². The van der Waals surface area contributed by atoms with E-state index in [-0.39, 0.29) is 24.2 Å². The van der Waals surface area contributed by atoms with Gasteiger partial charge in [-0.1, -0.05) is 27.7 Å². The zero-order chi connectivity index (χ0) is 11.2. The van der Waals surface area contributed by atoms with Crippen molar-refractivity contribution in [2.24, 2.45) is 5.92 Å². The van der Waals surface area contributed by atoms with E-state index in [2.05, 4.69) is 27.7 Å². The molecule has 0 spiro atoms. The lowest BCUT2D eigenvalue weighted by atomic mass is 9.97. The fraction of sp³-hybridized carbons (Fsp3) is 1.00. The quantitative estimate of drug-likeness (QED) is 0.687. The highest BCUT2D eigenvalue weighted by Crippen LogP contribution is 2.25. The number of hydrogen-bond acceptors (Lipinski definition) is 2. The van der Waals surface area contributed by atoms with Crippen molar-refractivity contribution < 1.29 is 9.84 Å². The van der Waals surface area contributed by atoms with Crippen LogP contribution >= 0.6 is 0 Å². The molecule has 0 aliphatic carbocycles. The van der Waals surface area contributed by atoms with Crippen LogP contribution < -0.4 is 0 Å². The molecule has 0 aromatic heterocycles. The maximum absolute atomic E-state index is 9.10. The van der Waals surface area contributed by atoms with Gasteiger partial charge in [0, 0.05) is 12.5 Å². The van der Waals surface area contributed by atoms with Gasteiger partial charge < -0.3 is 9.84 Å². The maximum Gasteiger partial charge on any atom is 0.0653 e. The second kappa shape index (κ2) is 6.41. The smallest absolute Gasteiger partial charge is 0.0653 e. The highest BCUT2D eigenvalue weighted by atomic mass is 16.5. The third-order valence-electron chi connectivity index (χ3n) is 3.26. The second-order valence-electron chi connectivity index (χ2n) is 4.38. The lowest BCUT2D eigenvalue weighted by Gasteiger charge is -2.34. The maximum atomic E-state index is 9.10. The molecule has 1 N–H and O–H groups in total. The van der Waals surface area contributed by atoms with E-state index in [4.69, 9.17) is 9.84 Å². The highest BCUT2D eigenvalue weighted by molar-refractivity contribution is 4.75. The Kier molecular flexibility index (Phi) is 6.38. The van der Waals surface area contributed by atoms with E-state index < -0.39 is 0 Å². The molecule has 0 aromatic carbocycles. The van der Waals surface area contributed by atoms with Crippen molar-refractivity contribution in [3.05, 3.63) is 0 Å². The molecule has 0 radical (unpaired) electrons. The van der Waals surface area contributed by atoms with Gasteiger partial charge in [0.2, 0.25) is 0 Å². The zero-order valence-electron chi connectivity index (χ0n) is 10.3. The van der Waals surface area contributed by atoms with Gasteiger partial charge in [0.1, 0.15) is 0 Å². The first kappa shape index (κ1) is 13.9. The van der Waals surface area contributed by atoms with Crippen LogP contribution in [-0.2, 0) is 4.74 Å². The molecule has 2 unspecified atom stereocenters. The van der Waals surface area contributed by atoms with Gasteiger partial charge in [0.15, 0.2) is 0 Å². The van der Waals surface area contributed by atoms with Gasteiger partial charge in [0.25, 0.3) is 0 Å². The number of ether oxygens (including phenoxy) is 1. The molecular weight excluding hydrogens is 176 g/mol. The Balaban J connectivity index is 4.28. The predicted molar refractivity (Wildman–Crippen MR) is 60.4 cm³/mol. The van der Waals surface area contributed by atoms with E-state index >= 15 is 0 Å². The summed E-state index contributed by atoms with van der Waals surface area (Å²) in [7, 11) is 0. The standard InChI is InChI=1S/C12H26O2/c1-6-11(10(4)9-13)14-12(5,7-2)8-3/h10-11,13H,6-9H2,1-5H3. The van der Waals surface area contributed by atoms with E-state index in [1.165, 1.54) is 0 Å². The first-order valence-electron chi connectivity index (χ1n) is 5.81. The van der Waals surface area contributed by atoms with Gasteiger partial charge in [-0.15, -0.1) is 0 Å². The van der Waals surface area contributed by atoms with Gasteiger partial charge in [-0.25, -0.2) is 0 Å². The largest absolute Gasteiger partial charge is 0.396 e. The molecule has 0 aromatic rings. The van der Waals surface area contributed by atoms with Crippen molar-refractivity contribution in [2.45, 2.75) is 65.6 Å². The molecule has 0 heterocycles. The van der Waals surface area contributed by atoms with Crippen LogP contribution in [0.15, 0.2) is 0 Å². The molecule has 86 valence electrons. The summed E-state index contributed by atoms with van der Waals surface area (Å²) in [5.41, 5.74) is -0.0237. The summed E-state index contributed by atoms with van der Waals surface area (Å²) in [5.74, 6) is 0.234. The molecule has 0 fully saturated rings. The molecule has 2 heteroatoms. The first-order chi connectivity index (χ1) is 6.52. The Morgan fingerprint density at radius 2 is 1.71 bits per heavy atom. The summed E-state index contributed by atoms with van der Waals surface area (Å²) in [6.45, 7) is 10.8. The summed E-state index contributed by atoms with van der Waals surface area (Å²) in [6.07, 6.45) is 3.21. The van der Waals surface area contributed by atoms with Crippen LogP contribution in [0.4, 0.5) is 0 Å². The fourth-order valence-corrected chi connectivity index (χ4v) is 1.50. The monoisotopic (exact) mass is 202 g/mol. The third kappa shape index (κ3) is 3.97. The van der Waals surface area contributed by atoms with Crippen molar-refractivity contribution in [2.75, 3.05) is 6.61 Å². The minimum Gasteiger partial charge on any atom is -0.396 e. The molecule has 0 aliphatic rings. The number of rotatable bonds is 7. The first-order valence-corrected chi connectivity index (χ1v) is 5.81. The molecule has 0 saturated carbocycles. The summed E-state index contributed by atoms with van der Waals surface area (Å²) < 4.78 is 6.08. The lowest BCUT2D eigenvalue weighted by Crippen LogP contribution is -2.36. The minimum atomic E-state index is -0.0237. The van der Waals surface area contributed by atoms with Crippen molar-refractivity contribution in [1.29, 1.82) is 0 Å². The van der Waals surface area contributed by atoms with Gasteiger partial charge >= 0.3 is 0 Å². The topological polar surface area (TPSA) is 29.5 Å². The van der Waals surface area contributed by atoms with Crippen LogP contribution in [-0.4, -0.2) is 23.4 Å². The van der Waals surface area contributed by atoms with Crippen molar-refractivity contribution in [3.8, 4) is 0 Å². The minimum absolute atomic E-state index is 0.0237. The molecule has 2 nitrogen and oxygen atoms in total. The summed E-state index contributed by atoms with van der Waals surface area (Å²) in [6, 6.07) is 0. The summed E-state index contributed by atoms with van der Waals surface area (Å²) >= 11 is 0. The summed E-state index contributed by atoms with van der Waals surface area (Å²) in [5, 5.41) is 9.10. The van der Waals surface area contributed by atoms with Crippen LogP contribution in [0.1, 0.15) is 53.9 Å². The lowest BCUT2D eigenvalue weighted by molar-refractivity contribution is -0.113. The number of aliphatic hydroxyl groups is 1. The average molecular weight is 202 g/mol. The normalized spacial score (nSPS) is 16.7. The zero-order valence-corrected chi connectivity index (χ0v) is 10.3. The molecular formula is C12H26O2. The summed E-state index contributed by atoms with van der Waals surface area (Å²) in [4.78, 5) is 0. The molecule has 2 atom stereocenters. The number of hydrogen-bond donors (Lipinski definition) is 1. The molecule has 0 amide bonds. The second-order valence-corrected chi connectivity index (χ2v) is 4.38. The Labute approximate surface area is 88.7 Å². The van der Waals surface area contributed by atoms with Crippen molar-refractivity contribution >= 4 is 0 Å². The SMILES string of the molecule is CCC(OC(C)(CC)CC)C(C)CO. The molecule has 0 saturated heterocycles. The van der Waals surface area contributed by atoms with Crippen LogP contribution in [0.5, 0.6) is 0 Å². The molecule has 0 aliphatic heterocycles. The van der Waals surface area contributed by atoms with Crippen LogP contribution in [0.3, 0.4) is 0 Å². The third-order valence-corrected chi connectivity index (χ3v) is 3.26. The van der Waals surface area contributed by atoms with E-state index in [0.717, 1.165) is 19.3 Å².